The van der Waals surface area contributed by atoms with Crippen molar-refractivity contribution >= 4 is 45.4 Å². The van der Waals surface area contributed by atoms with Crippen LogP contribution in [0.25, 0.3) is 10.9 Å². The number of benzene rings is 2. The Morgan fingerprint density at radius 3 is 2.81 bits per heavy atom. The summed E-state index contributed by atoms with van der Waals surface area (Å²) in [5.74, 6) is 0.269. The van der Waals surface area contributed by atoms with Crippen molar-refractivity contribution in [3.8, 4) is 5.75 Å². The number of primary amides is 1. The standard InChI is InChI=1S/C26H27FN6O3/c1-15-14-36-8-7-33(15)17-4-6-20(24(10-17)35-2)31-25-11-19-22(12-29-13-23(19)32-25)30-21-9-16(27)3-5-18(21)26(28)34/h3-6,9-13,15,30-32H,7-8,14H2,1-2H3,(H2,28,34)/t15-/m0/s1. The summed E-state index contributed by atoms with van der Waals surface area (Å²) in [6.45, 7) is 4.35. The fourth-order valence-electron chi connectivity index (χ4n) is 4.42. The number of carbonyl (C=O) groups is 1. The van der Waals surface area contributed by atoms with E-state index in [1.165, 1.54) is 18.2 Å². The largest absolute Gasteiger partial charge is 0.494 e. The fraction of sp³-hybridized carbons (Fsp3) is 0.231. The molecule has 1 amide bonds. The van der Waals surface area contributed by atoms with Crippen molar-refractivity contribution in [2.75, 3.05) is 42.4 Å². The van der Waals surface area contributed by atoms with Gasteiger partial charge in [-0.1, -0.05) is 0 Å². The first-order valence-electron chi connectivity index (χ1n) is 11.6. The maximum atomic E-state index is 13.9. The van der Waals surface area contributed by atoms with Gasteiger partial charge < -0.3 is 35.7 Å². The van der Waals surface area contributed by atoms with E-state index in [0.717, 1.165) is 28.8 Å². The second kappa shape index (κ2) is 9.74. The molecular weight excluding hydrogens is 463 g/mol. The lowest BCUT2D eigenvalue weighted by Crippen LogP contribution is -2.43. The topological polar surface area (TPSA) is 118 Å². The van der Waals surface area contributed by atoms with E-state index in [4.69, 9.17) is 15.2 Å². The van der Waals surface area contributed by atoms with Gasteiger partial charge in [0.15, 0.2) is 0 Å². The first kappa shape index (κ1) is 23.4. The molecule has 1 aliphatic heterocycles. The SMILES string of the molecule is COc1cc(N2CCOC[C@@H]2C)ccc1Nc1cc2c(Nc3cc(F)ccc3C(N)=O)cncc2[nH]1. The van der Waals surface area contributed by atoms with Crippen LogP contribution in [-0.4, -0.2) is 48.8 Å². The molecule has 0 radical (unpaired) electrons. The summed E-state index contributed by atoms with van der Waals surface area (Å²) in [5.41, 5.74) is 9.11. The highest BCUT2D eigenvalue weighted by Gasteiger charge is 2.20. The lowest BCUT2D eigenvalue weighted by molar-refractivity contribution is 0.0989. The Balaban J connectivity index is 1.43. The normalized spacial score (nSPS) is 15.6. The van der Waals surface area contributed by atoms with Crippen molar-refractivity contribution in [3.05, 3.63) is 66.2 Å². The van der Waals surface area contributed by atoms with E-state index in [-0.39, 0.29) is 17.3 Å². The molecule has 9 nitrogen and oxygen atoms in total. The predicted molar refractivity (Wildman–Crippen MR) is 138 cm³/mol. The second-order valence-electron chi connectivity index (χ2n) is 8.64. The Morgan fingerprint density at radius 1 is 1.17 bits per heavy atom. The average molecular weight is 491 g/mol. The molecule has 0 saturated carbocycles. The number of pyridine rings is 1. The zero-order valence-electron chi connectivity index (χ0n) is 20.0. The van der Waals surface area contributed by atoms with Crippen LogP contribution in [0.1, 0.15) is 17.3 Å². The lowest BCUT2D eigenvalue weighted by Gasteiger charge is -2.35. The maximum absolute atomic E-state index is 13.9. The van der Waals surface area contributed by atoms with Crippen molar-refractivity contribution in [3.63, 3.8) is 0 Å². The van der Waals surface area contributed by atoms with Gasteiger partial charge >= 0.3 is 0 Å². The molecule has 1 atom stereocenters. The molecule has 0 bridgehead atoms. The van der Waals surface area contributed by atoms with Gasteiger partial charge in [0, 0.05) is 29.7 Å². The number of ether oxygens (including phenoxy) is 2. The lowest BCUT2D eigenvalue weighted by atomic mass is 10.1. The van der Waals surface area contributed by atoms with Gasteiger partial charge in [0.05, 0.1) is 60.9 Å². The number of aromatic amines is 1. The number of H-pyrrole nitrogens is 1. The summed E-state index contributed by atoms with van der Waals surface area (Å²) < 4.78 is 25.1. The smallest absolute Gasteiger partial charge is 0.250 e. The molecule has 1 aliphatic rings. The summed E-state index contributed by atoms with van der Waals surface area (Å²) in [5, 5.41) is 7.26. The molecule has 10 heteroatoms. The number of rotatable bonds is 7. The maximum Gasteiger partial charge on any atom is 0.250 e. The van der Waals surface area contributed by atoms with Crippen LogP contribution in [0.2, 0.25) is 0 Å². The average Bonchev–Trinajstić information content (AvgIpc) is 3.28. The van der Waals surface area contributed by atoms with E-state index >= 15 is 0 Å². The van der Waals surface area contributed by atoms with Gasteiger partial charge in [-0.05, 0) is 43.3 Å². The van der Waals surface area contributed by atoms with Gasteiger partial charge in [-0.15, -0.1) is 0 Å². The summed E-state index contributed by atoms with van der Waals surface area (Å²) in [6.07, 6.45) is 3.29. The number of nitrogens with one attached hydrogen (secondary N) is 3. The van der Waals surface area contributed by atoms with Crippen LogP contribution >= 0.6 is 0 Å². The number of methoxy groups -OCH3 is 1. The van der Waals surface area contributed by atoms with Crippen molar-refractivity contribution in [1.29, 1.82) is 0 Å². The van der Waals surface area contributed by atoms with Gasteiger partial charge in [0.2, 0.25) is 0 Å². The zero-order chi connectivity index (χ0) is 25.2. The number of fused-ring (bicyclic) bond motifs is 1. The monoisotopic (exact) mass is 490 g/mol. The number of hydrogen-bond acceptors (Lipinski definition) is 7. The minimum atomic E-state index is -0.656. The second-order valence-corrected chi connectivity index (χ2v) is 8.64. The Labute approximate surface area is 207 Å². The highest BCUT2D eigenvalue weighted by Crippen LogP contribution is 2.35. The Bertz CT molecular complexity index is 1420. The minimum absolute atomic E-state index is 0.182. The number of nitrogens with two attached hydrogens (primary N) is 1. The van der Waals surface area contributed by atoms with Gasteiger partial charge in [-0.25, -0.2) is 4.39 Å². The summed E-state index contributed by atoms with van der Waals surface area (Å²) in [4.78, 5) is 21.7. The Morgan fingerprint density at radius 2 is 2.03 bits per heavy atom. The summed E-state index contributed by atoms with van der Waals surface area (Å²) in [7, 11) is 1.64. The van der Waals surface area contributed by atoms with E-state index < -0.39 is 11.7 Å². The number of morpholine rings is 1. The molecule has 0 aliphatic carbocycles. The van der Waals surface area contributed by atoms with E-state index in [2.05, 4.69) is 38.5 Å². The third-order valence-electron chi connectivity index (χ3n) is 6.22. The van der Waals surface area contributed by atoms with Gasteiger partial charge in [0.1, 0.15) is 17.4 Å². The molecule has 5 N–H and O–H groups in total. The number of amides is 1. The number of carbonyl (C=O) groups excluding carboxylic acids is 1. The molecule has 4 aromatic rings. The molecule has 1 fully saturated rings. The van der Waals surface area contributed by atoms with Crippen molar-refractivity contribution in [1.82, 2.24) is 9.97 Å². The summed E-state index contributed by atoms with van der Waals surface area (Å²) in [6, 6.07) is 12.0. The number of anilines is 5. The molecule has 1 saturated heterocycles. The van der Waals surface area contributed by atoms with Gasteiger partial charge in [-0.2, -0.15) is 0 Å². The van der Waals surface area contributed by atoms with Gasteiger partial charge in [0.25, 0.3) is 5.91 Å². The third-order valence-corrected chi connectivity index (χ3v) is 6.22. The van der Waals surface area contributed by atoms with Crippen LogP contribution in [-0.2, 0) is 4.74 Å². The highest BCUT2D eigenvalue weighted by molar-refractivity contribution is 6.02. The Kier molecular flexibility index (Phi) is 6.34. The number of nitrogens with zero attached hydrogens (tertiary/aromatic N) is 2. The number of hydrogen-bond donors (Lipinski definition) is 4. The molecule has 186 valence electrons. The van der Waals surface area contributed by atoms with Gasteiger partial charge in [-0.3, -0.25) is 9.78 Å². The van der Waals surface area contributed by atoms with Crippen molar-refractivity contribution in [2.45, 2.75) is 13.0 Å². The zero-order valence-corrected chi connectivity index (χ0v) is 20.0. The molecule has 5 rings (SSSR count). The molecule has 2 aromatic carbocycles. The quantitative estimate of drug-likeness (QED) is 0.301. The molecule has 0 spiro atoms. The van der Waals surface area contributed by atoms with E-state index in [9.17, 15) is 9.18 Å². The van der Waals surface area contributed by atoms with Crippen LogP contribution in [0.3, 0.4) is 0 Å². The predicted octanol–water partition coefficient (Wildman–Crippen LogP) is 4.52. The molecule has 36 heavy (non-hydrogen) atoms. The third kappa shape index (κ3) is 4.63. The molecule has 2 aromatic heterocycles. The van der Waals surface area contributed by atoms with E-state index in [1.54, 1.807) is 19.5 Å². The minimum Gasteiger partial charge on any atom is -0.494 e. The summed E-state index contributed by atoms with van der Waals surface area (Å²) >= 11 is 0. The fourth-order valence-corrected chi connectivity index (χ4v) is 4.42. The molecular formula is C26H27FN6O3. The highest BCUT2D eigenvalue weighted by atomic mass is 19.1. The molecule has 3 heterocycles. The Hall–Kier alpha value is -4.31. The first-order chi connectivity index (χ1) is 17.4. The van der Waals surface area contributed by atoms with Crippen LogP contribution < -0.4 is 26.0 Å². The number of aromatic nitrogens is 2. The first-order valence-corrected chi connectivity index (χ1v) is 11.6. The molecule has 0 unspecified atom stereocenters. The van der Waals surface area contributed by atoms with Crippen molar-refractivity contribution < 1.29 is 18.7 Å². The van der Waals surface area contributed by atoms with Crippen LogP contribution in [0.5, 0.6) is 5.75 Å². The van der Waals surface area contributed by atoms with Crippen LogP contribution in [0.4, 0.5) is 33.0 Å². The number of halogens is 1. The van der Waals surface area contributed by atoms with Crippen LogP contribution in [0.15, 0.2) is 54.9 Å². The van der Waals surface area contributed by atoms with E-state index in [0.29, 0.717) is 30.5 Å². The van der Waals surface area contributed by atoms with E-state index in [1.807, 2.05) is 18.2 Å². The van der Waals surface area contributed by atoms with Crippen molar-refractivity contribution in [2.24, 2.45) is 5.73 Å². The van der Waals surface area contributed by atoms with Crippen LogP contribution in [0, 0.1) is 5.82 Å².